The number of benzene rings is 1. The molecule has 0 amide bonds. The number of hydrogen-bond donors (Lipinski definition) is 0. The van der Waals surface area contributed by atoms with Gasteiger partial charge in [-0.15, -0.1) is 12.1 Å². The van der Waals surface area contributed by atoms with Gasteiger partial charge in [-0.2, -0.15) is 20.8 Å². The zero-order valence-electron chi connectivity index (χ0n) is 21.2. The van der Waals surface area contributed by atoms with Crippen LogP contribution >= 0.6 is 0 Å². The van der Waals surface area contributed by atoms with Gasteiger partial charge in [-0.05, 0) is 0 Å². The first-order valence-corrected chi connectivity index (χ1v) is 12.5. The fourth-order valence-corrected chi connectivity index (χ4v) is 2.82. The summed E-state index contributed by atoms with van der Waals surface area (Å²) in [6.07, 6.45) is -0.245. The average molecular weight is 517 g/mol. The SMILES string of the molecule is CC(C)[N-]C([N-]C(C)C)c1ccc([N+](=O)[O-])cc1.CC(C)[N]=[Mo]=[N]C(C)C.C[C-](C)C. The van der Waals surface area contributed by atoms with E-state index in [2.05, 4.69) is 66.1 Å². The molecule has 180 valence electrons. The third-order valence-electron chi connectivity index (χ3n) is 2.80. The minimum absolute atomic E-state index is 0.0894. The van der Waals surface area contributed by atoms with Crippen LogP contribution in [-0.4, -0.2) is 29.1 Å². The summed E-state index contributed by atoms with van der Waals surface area (Å²) >= 11 is -0.364. The molecule has 0 aliphatic rings. The standard InChI is InChI=1S/C13H19N3O2.C4H9.2C3H7N.Mo/c1-9(2)14-13(15-10(3)4)11-5-7-12(8-6-11)16(17)18;1-4(2)3;2*1-3(2)4;/h5-10,13H,1-4H3;1-3H3;2*3H,1-2H3;/q-2;-1;;;. The molecule has 0 atom stereocenters. The van der Waals surface area contributed by atoms with E-state index in [0.717, 1.165) is 5.56 Å². The van der Waals surface area contributed by atoms with Gasteiger partial charge >= 0.3 is 65.0 Å². The van der Waals surface area contributed by atoms with E-state index in [1.165, 1.54) is 18.1 Å². The normalized spacial score (nSPS) is 10.7. The van der Waals surface area contributed by atoms with E-state index in [-0.39, 0.29) is 42.1 Å². The quantitative estimate of drug-likeness (QED) is 0.151. The van der Waals surface area contributed by atoms with Crippen LogP contribution in [0.4, 0.5) is 5.69 Å². The van der Waals surface area contributed by atoms with E-state index >= 15 is 0 Å². The Morgan fingerprint density at radius 2 is 1.19 bits per heavy atom. The number of nitro benzene ring substituents is 1. The van der Waals surface area contributed by atoms with Crippen LogP contribution in [-0.2, 0) is 18.2 Å². The van der Waals surface area contributed by atoms with Crippen molar-refractivity contribution in [3.8, 4) is 0 Å². The molecule has 1 rings (SSSR count). The molecule has 31 heavy (non-hydrogen) atoms. The van der Waals surface area contributed by atoms with Gasteiger partial charge in [0.25, 0.3) is 5.69 Å². The summed E-state index contributed by atoms with van der Waals surface area (Å²) in [6.45, 7) is 22.6. The van der Waals surface area contributed by atoms with Crippen LogP contribution in [0.3, 0.4) is 0 Å². The van der Waals surface area contributed by atoms with Gasteiger partial charge in [-0.1, -0.05) is 45.4 Å². The summed E-state index contributed by atoms with van der Waals surface area (Å²) in [5, 5.41) is 19.6. The predicted molar refractivity (Wildman–Crippen MR) is 128 cm³/mol. The van der Waals surface area contributed by atoms with Crippen LogP contribution in [0.5, 0.6) is 0 Å². The van der Waals surface area contributed by atoms with Gasteiger partial charge in [0.05, 0.1) is 4.92 Å². The smallest absolute Gasteiger partial charge is 0.189 e. The van der Waals surface area contributed by atoms with Gasteiger partial charge in [0.2, 0.25) is 0 Å². The summed E-state index contributed by atoms with van der Waals surface area (Å²) in [7, 11) is 0. The van der Waals surface area contributed by atoms with E-state index in [1.807, 2.05) is 27.7 Å². The van der Waals surface area contributed by atoms with Crippen LogP contribution in [0.1, 0.15) is 87.9 Å². The van der Waals surface area contributed by atoms with Crippen molar-refractivity contribution >= 4 is 5.69 Å². The van der Waals surface area contributed by atoms with Crippen LogP contribution in [0.25, 0.3) is 10.6 Å². The van der Waals surface area contributed by atoms with Crippen molar-refractivity contribution in [2.75, 3.05) is 0 Å². The second-order valence-corrected chi connectivity index (χ2v) is 10.1. The summed E-state index contributed by atoms with van der Waals surface area (Å²) in [5.74, 6) is 1.42. The molecule has 0 saturated carbocycles. The van der Waals surface area contributed by atoms with Crippen molar-refractivity contribution in [3.05, 3.63) is 56.5 Å². The molecular weight excluding hydrogens is 474 g/mol. The van der Waals surface area contributed by atoms with Gasteiger partial charge in [0.1, 0.15) is 0 Å². The fraction of sp³-hybridized carbons (Fsp3) is 0.696. The number of rotatable bonds is 8. The van der Waals surface area contributed by atoms with Crippen molar-refractivity contribution < 1.29 is 23.1 Å². The summed E-state index contributed by atoms with van der Waals surface area (Å²) in [6, 6.07) is 7.74. The maximum absolute atomic E-state index is 10.6. The molecule has 0 heterocycles. The van der Waals surface area contributed by atoms with E-state index in [4.69, 9.17) is 0 Å². The van der Waals surface area contributed by atoms with Crippen molar-refractivity contribution in [1.29, 1.82) is 0 Å². The van der Waals surface area contributed by atoms with Crippen LogP contribution in [0.2, 0.25) is 0 Å². The Hall–Kier alpha value is -1.17. The van der Waals surface area contributed by atoms with Gasteiger partial charge in [0, 0.05) is 12.1 Å². The van der Waals surface area contributed by atoms with Gasteiger partial charge in [0.15, 0.2) is 0 Å². The Labute approximate surface area is 198 Å². The number of non-ortho nitro benzene ring substituents is 1. The fourth-order valence-electron chi connectivity index (χ4n) is 1.76. The Kier molecular flexibility index (Phi) is 19.0. The monoisotopic (exact) mass is 518 g/mol. The first kappa shape index (κ1) is 32.0. The minimum Gasteiger partial charge on any atom is -0.323 e. The third kappa shape index (κ3) is 21.8. The number of hydrogen-bond acceptors (Lipinski definition) is 4. The molecule has 1 aromatic rings. The van der Waals surface area contributed by atoms with Gasteiger partial charge < -0.3 is 16.6 Å². The van der Waals surface area contributed by atoms with Crippen LogP contribution in [0.15, 0.2) is 31.3 Å². The van der Waals surface area contributed by atoms with E-state index in [1.54, 1.807) is 12.1 Å². The van der Waals surface area contributed by atoms with Crippen LogP contribution in [0, 0.1) is 16.0 Å². The largest absolute Gasteiger partial charge is 0.323 e. The molecule has 0 aromatic heterocycles. The molecule has 0 radical (unpaired) electrons. The summed E-state index contributed by atoms with van der Waals surface area (Å²) in [5.41, 5.74) is 0.981. The maximum atomic E-state index is 10.6. The average Bonchev–Trinajstić information content (AvgIpc) is 2.60. The zero-order chi connectivity index (χ0) is 24.6. The van der Waals surface area contributed by atoms with Gasteiger partial charge in [-0.3, -0.25) is 10.1 Å². The molecular formula is C23H42MoN5O2-3. The molecule has 0 spiro atoms. The van der Waals surface area contributed by atoms with E-state index in [9.17, 15) is 10.1 Å². The summed E-state index contributed by atoms with van der Waals surface area (Å²) in [4.78, 5) is 10.2. The predicted octanol–water partition coefficient (Wildman–Crippen LogP) is 8.03. The molecule has 0 saturated heterocycles. The molecule has 0 unspecified atom stereocenters. The van der Waals surface area contributed by atoms with Crippen molar-refractivity contribution in [2.24, 2.45) is 6.99 Å². The number of nitro groups is 1. The van der Waals surface area contributed by atoms with E-state index < -0.39 is 4.92 Å². The zero-order valence-corrected chi connectivity index (χ0v) is 23.2. The molecule has 8 heteroatoms. The van der Waals surface area contributed by atoms with E-state index in [0.29, 0.717) is 12.1 Å². The molecule has 0 N–H and O–H groups in total. The molecule has 0 aliphatic carbocycles. The molecule has 0 fully saturated rings. The second kappa shape index (κ2) is 18.4. The molecule has 7 nitrogen and oxygen atoms in total. The Bertz CT molecular complexity index is 628. The first-order chi connectivity index (χ1) is 14.3. The topological polar surface area (TPSA) is 96.1 Å². The van der Waals surface area contributed by atoms with Crippen molar-refractivity contribution in [1.82, 2.24) is 0 Å². The Balaban J connectivity index is 0. The van der Waals surface area contributed by atoms with Crippen molar-refractivity contribution in [2.45, 2.75) is 106 Å². The molecule has 1 aromatic carbocycles. The third-order valence-corrected chi connectivity index (χ3v) is 5.33. The second-order valence-electron chi connectivity index (χ2n) is 8.69. The molecule has 0 bridgehead atoms. The van der Waals surface area contributed by atoms with Crippen molar-refractivity contribution in [3.63, 3.8) is 0 Å². The van der Waals surface area contributed by atoms with Gasteiger partial charge in [-0.25, -0.2) is 6.17 Å². The summed E-state index contributed by atoms with van der Waals surface area (Å²) < 4.78 is 8.66. The minimum atomic E-state index is -0.405. The first-order valence-electron chi connectivity index (χ1n) is 10.7. The molecule has 0 aliphatic heterocycles. The van der Waals surface area contributed by atoms with Crippen LogP contribution < -0.4 is 0 Å². The Morgan fingerprint density at radius 3 is 1.45 bits per heavy atom. The Morgan fingerprint density at radius 1 is 0.839 bits per heavy atom. The number of nitrogens with zero attached hydrogens (tertiary/aromatic N) is 5. The maximum Gasteiger partial charge on any atom is -0.189 e.